The van der Waals surface area contributed by atoms with E-state index in [4.69, 9.17) is 0 Å². The van der Waals surface area contributed by atoms with Crippen LogP contribution in [-0.2, 0) is 20.0 Å². The van der Waals surface area contributed by atoms with Gasteiger partial charge in [-0.3, -0.25) is 0 Å². The molecule has 0 aromatic heterocycles. The molecule has 0 unspecified atom stereocenters. The first-order valence-electron chi connectivity index (χ1n) is 1.17. The van der Waals surface area contributed by atoms with Crippen molar-refractivity contribution in [2.75, 3.05) is 14.1 Å². The standard InChI is InChI=1S/C2H7N.ClH.Nb/c1-3-2;;/h3H,1-2H3;1H;/q;;+1/p-1. The third kappa shape index (κ3) is 45.5. The van der Waals surface area contributed by atoms with Gasteiger partial charge >= 0.3 is 29.2 Å². The van der Waals surface area contributed by atoms with Crippen LogP contribution in [0.4, 0.5) is 0 Å². The second kappa shape index (κ2) is 20.1. The number of hydrogen-bond acceptors (Lipinski definition) is 1. The Morgan fingerprint density at radius 1 is 1.40 bits per heavy atom. The van der Waals surface area contributed by atoms with Crippen molar-refractivity contribution < 1.29 is 20.0 Å². The predicted octanol–water partition coefficient (Wildman–Crippen LogP) is 0.523. The van der Waals surface area contributed by atoms with Crippen LogP contribution < -0.4 is 5.32 Å². The minimum atomic E-state index is 1.22. The molecule has 0 spiro atoms. The molecular weight excluding hydrogens is 166 g/mol. The Balaban J connectivity index is 0. The monoisotopic (exact) mass is 173 g/mol. The molecule has 0 bridgehead atoms. The van der Waals surface area contributed by atoms with Crippen molar-refractivity contribution in [3.05, 3.63) is 0 Å². The number of halogens is 1. The SMILES string of the molecule is CNC.[Cl][Nb]. The van der Waals surface area contributed by atoms with Gasteiger partial charge in [-0.15, -0.1) is 0 Å². The van der Waals surface area contributed by atoms with E-state index in [0.29, 0.717) is 0 Å². The topological polar surface area (TPSA) is 12.0 Å². The zero-order chi connectivity index (χ0) is 4.71. The first-order valence-corrected chi connectivity index (χ1v) is 4.00. The van der Waals surface area contributed by atoms with E-state index < -0.39 is 0 Å². The minimum absolute atomic E-state index is 1.22. The summed E-state index contributed by atoms with van der Waals surface area (Å²) in [5, 5.41) is 2.75. The van der Waals surface area contributed by atoms with Crippen LogP contribution in [0.15, 0.2) is 0 Å². The maximum atomic E-state index is 4.69. The van der Waals surface area contributed by atoms with Gasteiger partial charge in [0.15, 0.2) is 0 Å². The fraction of sp³-hybridized carbons (Fsp3) is 1.00. The summed E-state index contributed by atoms with van der Waals surface area (Å²) in [6.07, 6.45) is 0. The summed E-state index contributed by atoms with van der Waals surface area (Å²) in [5.41, 5.74) is 0. The van der Waals surface area contributed by atoms with Gasteiger partial charge in [-0.1, -0.05) is 0 Å². The summed E-state index contributed by atoms with van der Waals surface area (Å²) in [6.45, 7) is 0. The molecule has 5 heavy (non-hydrogen) atoms. The molecule has 0 aliphatic rings. The average Bonchev–Trinajstić information content (AvgIpc) is 1.46. The van der Waals surface area contributed by atoms with Gasteiger partial charge < -0.3 is 5.32 Å². The van der Waals surface area contributed by atoms with Gasteiger partial charge in [0.25, 0.3) is 0 Å². The summed E-state index contributed by atoms with van der Waals surface area (Å²) in [7, 11) is 8.44. The summed E-state index contributed by atoms with van der Waals surface area (Å²) in [4.78, 5) is 0. The Hall–Kier alpha value is 0.990. The van der Waals surface area contributed by atoms with E-state index in [9.17, 15) is 0 Å². The Labute approximate surface area is 48.8 Å². The first-order chi connectivity index (χ1) is 2.41. The van der Waals surface area contributed by atoms with Gasteiger partial charge in [0.2, 0.25) is 0 Å². The van der Waals surface area contributed by atoms with Crippen LogP contribution in [0.1, 0.15) is 0 Å². The molecule has 0 radical (unpaired) electrons. The molecule has 3 heteroatoms. The van der Waals surface area contributed by atoms with Gasteiger partial charge in [0, 0.05) is 0 Å². The van der Waals surface area contributed by atoms with Gasteiger partial charge in [0.1, 0.15) is 0 Å². The van der Waals surface area contributed by atoms with E-state index in [1.54, 1.807) is 0 Å². The van der Waals surface area contributed by atoms with Gasteiger partial charge in [-0.05, 0) is 14.1 Å². The first kappa shape index (κ1) is 9.37. The third-order valence-corrected chi connectivity index (χ3v) is 0. The van der Waals surface area contributed by atoms with E-state index in [0.717, 1.165) is 0 Å². The van der Waals surface area contributed by atoms with Crippen LogP contribution >= 0.6 is 9.19 Å². The van der Waals surface area contributed by atoms with Gasteiger partial charge in [0.05, 0.1) is 0 Å². The molecule has 0 aliphatic heterocycles. The molecule has 32 valence electrons. The second-order valence-corrected chi connectivity index (χ2v) is 0.500. The van der Waals surface area contributed by atoms with E-state index in [1.165, 1.54) is 20.0 Å². The molecule has 0 rings (SSSR count). The molecule has 0 saturated heterocycles. The van der Waals surface area contributed by atoms with Crippen LogP contribution in [0, 0.1) is 0 Å². The molecule has 1 N–H and O–H groups in total. The van der Waals surface area contributed by atoms with Crippen molar-refractivity contribution in [2.45, 2.75) is 0 Å². The summed E-state index contributed by atoms with van der Waals surface area (Å²) >= 11 is 1.22. The summed E-state index contributed by atoms with van der Waals surface area (Å²) in [5.74, 6) is 0. The Kier molecular flexibility index (Phi) is 37.6. The van der Waals surface area contributed by atoms with E-state index in [2.05, 4.69) is 14.5 Å². The van der Waals surface area contributed by atoms with Crippen molar-refractivity contribution in [2.24, 2.45) is 0 Å². The van der Waals surface area contributed by atoms with Crippen molar-refractivity contribution in [1.29, 1.82) is 0 Å². The quantitative estimate of drug-likeness (QED) is 0.527. The molecular formula is C2H7ClNNb. The van der Waals surface area contributed by atoms with E-state index in [1.807, 2.05) is 14.1 Å². The van der Waals surface area contributed by atoms with Crippen molar-refractivity contribution in [3.8, 4) is 0 Å². The zero-order valence-electron chi connectivity index (χ0n) is 3.33. The average molecular weight is 173 g/mol. The fourth-order valence-electron chi connectivity index (χ4n) is 0. The summed E-state index contributed by atoms with van der Waals surface area (Å²) in [6, 6.07) is 0. The molecule has 0 aliphatic carbocycles. The second-order valence-electron chi connectivity index (χ2n) is 0.500. The van der Waals surface area contributed by atoms with Crippen LogP contribution in [0.2, 0.25) is 0 Å². The Bertz CT molecular complexity index is 9.61. The number of rotatable bonds is 0. The molecule has 0 amide bonds. The maximum absolute atomic E-state index is 4.69. The molecule has 0 aromatic rings. The molecule has 1 nitrogen and oxygen atoms in total. The van der Waals surface area contributed by atoms with Crippen LogP contribution in [0.25, 0.3) is 0 Å². The van der Waals surface area contributed by atoms with E-state index >= 15 is 0 Å². The van der Waals surface area contributed by atoms with E-state index in [-0.39, 0.29) is 0 Å². The fourth-order valence-corrected chi connectivity index (χ4v) is 0. The van der Waals surface area contributed by atoms with Crippen molar-refractivity contribution in [3.63, 3.8) is 0 Å². The van der Waals surface area contributed by atoms with Gasteiger partial charge in [-0.2, -0.15) is 0 Å². The Morgan fingerprint density at radius 3 is 1.40 bits per heavy atom. The third-order valence-electron chi connectivity index (χ3n) is 0. The Morgan fingerprint density at radius 2 is 1.40 bits per heavy atom. The van der Waals surface area contributed by atoms with Gasteiger partial charge in [-0.25, -0.2) is 0 Å². The van der Waals surface area contributed by atoms with Crippen molar-refractivity contribution in [1.82, 2.24) is 5.32 Å². The predicted molar refractivity (Wildman–Crippen MR) is 20.8 cm³/mol. The molecule has 0 saturated carbocycles. The molecule has 0 aromatic carbocycles. The van der Waals surface area contributed by atoms with Crippen molar-refractivity contribution >= 4 is 9.19 Å². The molecule has 0 atom stereocenters. The zero-order valence-corrected chi connectivity index (χ0v) is 6.28. The normalized spacial score (nSPS) is 4.60. The molecule has 0 fully saturated rings. The van der Waals surface area contributed by atoms with Crippen LogP contribution in [0.3, 0.4) is 0 Å². The molecule has 0 heterocycles. The summed E-state index contributed by atoms with van der Waals surface area (Å²) < 4.78 is 0. The number of hydrogen-bond donors (Lipinski definition) is 1. The number of nitrogens with one attached hydrogen (secondary N) is 1. The van der Waals surface area contributed by atoms with Crippen LogP contribution in [-0.4, -0.2) is 14.1 Å². The van der Waals surface area contributed by atoms with Crippen LogP contribution in [0.5, 0.6) is 0 Å².